The van der Waals surface area contributed by atoms with E-state index in [0.717, 1.165) is 5.56 Å². The summed E-state index contributed by atoms with van der Waals surface area (Å²) in [7, 11) is -3.84. The maximum Gasteiger partial charge on any atom is 0.321 e. The molecule has 0 heterocycles. The third-order valence-electron chi connectivity index (χ3n) is 3.21. The third-order valence-corrected chi connectivity index (χ3v) is 4.70. The van der Waals surface area contributed by atoms with E-state index in [0.29, 0.717) is 6.42 Å². The van der Waals surface area contributed by atoms with E-state index in [2.05, 4.69) is 4.72 Å². The van der Waals surface area contributed by atoms with Crippen LogP contribution in [-0.2, 0) is 21.2 Å². The van der Waals surface area contributed by atoms with Crippen molar-refractivity contribution in [2.45, 2.75) is 23.8 Å². The molecule has 0 amide bonds. The number of sulfonamides is 1. The van der Waals surface area contributed by atoms with E-state index in [1.54, 1.807) is 18.2 Å². The van der Waals surface area contributed by atoms with E-state index in [9.17, 15) is 18.3 Å². The maximum absolute atomic E-state index is 12.2. The number of benzene rings is 2. The first kappa shape index (κ1) is 16.2. The highest BCUT2D eigenvalue weighted by molar-refractivity contribution is 7.89. The monoisotopic (exact) mass is 319 g/mol. The van der Waals surface area contributed by atoms with Crippen LogP contribution in [0, 0.1) is 0 Å². The van der Waals surface area contributed by atoms with Crippen LogP contribution in [0.5, 0.6) is 0 Å². The number of carboxylic acids is 1. The molecular weight excluding hydrogens is 302 g/mol. The molecule has 2 aromatic carbocycles. The molecule has 2 aromatic rings. The predicted octanol–water partition coefficient (Wildman–Crippen LogP) is 2.05. The second-order valence-electron chi connectivity index (χ2n) is 4.85. The van der Waals surface area contributed by atoms with Crippen molar-refractivity contribution in [2.75, 3.05) is 0 Å². The highest BCUT2D eigenvalue weighted by atomic mass is 32.2. The molecule has 0 bridgehead atoms. The van der Waals surface area contributed by atoms with Crippen molar-refractivity contribution in [3.8, 4) is 0 Å². The van der Waals surface area contributed by atoms with Crippen LogP contribution < -0.4 is 4.72 Å². The van der Waals surface area contributed by atoms with Crippen molar-refractivity contribution in [3.63, 3.8) is 0 Å². The fourth-order valence-corrected chi connectivity index (χ4v) is 3.29. The number of carboxylic acid groups (broad SMARTS) is 1. The molecule has 0 aliphatic heterocycles. The van der Waals surface area contributed by atoms with Gasteiger partial charge in [-0.3, -0.25) is 4.79 Å². The lowest BCUT2D eigenvalue weighted by molar-refractivity contribution is -0.139. The lowest BCUT2D eigenvalue weighted by Crippen LogP contribution is -2.41. The van der Waals surface area contributed by atoms with Crippen LogP contribution in [0.15, 0.2) is 65.6 Å². The van der Waals surface area contributed by atoms with Gasteiger partial charge in [-0.05, 0) is 30.5 Å². The van der Waals surface area contributed by atoms with E-state index < -0.39 is 22.0 Å². The highest BCUT2D eigenvalue weighted by Gasteiger charge is 2.24. The molecule has 116 valence electrons. The quantitative estimate of drug-likeness (QED) is 0.818. The fraction of sp³-hybridized carbons (Fsp3) is 0.188. The molecule has 5 nitrogen and oxygen atoms in total. The van der Waals surface area contributed by atoms with Crippen LogP contribution in [0.25, 0.3) is 0 Å². The Morgan fingerprint density at radius 3 is 2.09 bits per heavy atom. The molecule has 0 aliphatic carbocycles. The van der Waals surface area contributed by atoms with Crippen LogP contribution in [0.1, 0.15) is 12.0 Å². The molecule has 0 unspecified atom stereocenters. The van der Waals surface area contributed by atoms with Gasteiger partial charge in [0.25, 0.3) is 0 Å². The molecule has 0 radical (unpaired) electrons. The van der Waals surface area contributed by atoms with Gasteiger partial charge in [0.15, 0.2) is 0 Å². The van der Waals surface area contributed by atoms with Gasteiger partial charge in [0.1, 0.15) is 6.04 Å². The summed E-state index contributed by atoms with van der Waals surface area (Å²) in [6.07, 6.45) is 0.667. The third kappa shape index (κ3) is 4.41. The number of hydrogen-bond acceptors (Lipinski definition) is 3. The smallest absolute Gasteiger partial charge is 0.321 e. The second-order valence-corrected chi connectivity index (χ2v) is 6.56. The molecule has 0 aliphatic rings. The standard InChI is InChI=1S/C16H17NO4S/c18-16(19)15(12-11-13-7-3-1-4-8-13)17-22(20,21)14-9-5-2-6-10-14/h1-10,15,17H,11-12H2,(H,18,19)/t15-/m1/s1. The van der Waals surface area contributed by atoms with Crippen molar-refractivity contribution in [1.82, 2.24) is 4.72 Å². The summed E-state index contributed by atoms with van der Waals surface area (Å²) in [6.45, 7) is 0. The zero-order valence-electron chi connectivity index (χ0n) is 11.8. The first-order valence-electron chi connectivity index (χ1n) is 6.83. The summed E-state index contributed by atoms with van der Waals surface area (Å²) >= 11 is 0. The molecule has 0 aromatic heterocycles. The van der Waals surface area contributed by atoms with E-state index in [4.69, 9.17) is 0 Å². The lowest BCUT2D eigenvalue weighted by Gasteiger charge is -2.14. The zero-order chi connectivity index (χ0) is 16.0. The van der Waals surface area contributed by atoms with Crippen molar-refractivity contribution < 1.29 is 18.3 Å². The molecule has 1 atom stereocenters. The van der Waals surface area contributed by atoms with Gasteiger partial charge in [-0.1, -0.05) is 48.5 Å². The molecular formula is C16H17NO4S. The van der Waals surface area contributed by atoms with Crippen molar-refractivity contribution in [1.29, 1.82) is 0 Å². The largest absolute Gasteiger partial charge is 0.480 e. The molecule has 0 saturated heterocycles. The van der Waals surface area contributed by atoms with Gasteiger partial charge in [0.2, 0.25) is 10.0 Å². The Morgan fingerprint density at radius 1 is 1.00 bits per heavy atom. The molecule has 2 rings (SSSR count). The minimum Gasteiger partial charge on any atom is -0.480 e. The molecule has 0 saturated carbocycles. The Bertz CT molecular complexity index is 714. The molecule has 2 N–H and O–H groups in total. The number of rotatable bonds is 7. The Kier molecular flexibility index (Phi) is 5.30. The summed E-state index contributed by atoms with van der Waals surface area (Å²) < 4.78 is 26.6. The van der Waals surface area contributed by atoms with E-state index >= 15 is 0 Å². The highest BCUT2D eigenvalue weighted by Crippen LogP contribution is 2.11. The van der Waals surface area contributed by atoms with Crippen LogP contribution in [0.2, 0.25) is 0 Å². The Hall–Kier alpha value is -2.18. The van der Waals surface area contributed by atoms with Gasteiger partial charge < -0.3 is 5.11 Å². The average Bonchev–Trinajstić information content (AvgIpc) is 2.53. The molecule has 6 heteroatoms. The zero-order valence-corrected chi connectivity index (χ0v) is 12.7. The summed E-state index contributed by atoms with van der Waals surface area (Å²) in [5.74, 6) is -1.18. The minimum atomic E-state index is -3.84. The van der Waals surface area contributed by atoms with Crippen molar-refractivity contribution in [2.24, 2.45) is 0 Å². The van der Waals surface area contributed by atoms with Gasteiger partial charge in [0.05, 0.1) is 4.90 Å². The maximum atomic E-state index is 12.2. The molecule has 22 heavy (non-hydrogen) atoms. The Morgan fingerprint density at radius 2 is 1.55 bits per heavy atom. The Labute approximate surface area is 129 Å². The number of hydrogen-bond donors (Lipinski definition) is 2. The van der Waals surface area contributed by atoms with Crippen molar-refractivity contribution in [3.05, 3.63) is 66.2 Å². The van der Waals surface area contributed by atoms with Gasteiger partial charge in [-0.2, -0.15) is 4.72 Å². The first-order chi connectivity index (χ1) is 10.5. The van der Waals surface area contributed by atoms with Crippen LogP contribution in [0.3, 0.4) is 0 Å². The molecule has 0 spiro atoms. The van der Waals surface area contributed by atoms with Crippen LogP contribution in [0.4, 0.5) is 0 Å². The minimum absolute atomic E-state index is 0.0564. The molecule has 0 fully saturated rings. The van der Waals surface area contributed by atoms with E-state index in [-0.39, 0.29) is 11.3 Å². The number of aryl methyl sites for hydroxylation is 1. The van der Waals surface area contributed by atoms with Gasteiger partial charge in [0, 0.05) is 0 Å². The topological polar surface area (TPSA) is 83.5 Å². The predicted molar refractivity (Wildman–Crippen MR) is 83.0 cm³/mol. The lowest BCUT2D eigenvalue weighted by atomic mass is 10.1. The van der Waals surface area contributed by atoms with Gasteiger partial charge in [-0.15, -0.1) is 0 Å². The normalized spacial score (nSPS) is 12.7. The summed E-state index contributed by atoms with van der Waals surface area (Å²) in [5.41, 5.74) is 0.965. The Balaban J connectivity index is 2.07. The SMILES string of the molecule is O=C(O)[C@@H](CCc1ccccc1)NS(=O)(=O)c1ccccc1. The van der Waals surface area contributed by atoms with Crippen molar-refractivity contribution >= 4 is 16.0 Å². The number of aliphatic carboxylic acids is 1. The fourth-order valence-electron chi connectivity index (χ4n) is 2.04. The summed E-state index contributed by atoms with van der Waals surface area (Å²) in [4.78, 5) is 11.4. The second kappa shape index (κ2) is 7.20. The summed E-state index contributed by atoms with van der Waals surface area (Å²) in [5, 5.41) is 9.23. The van der Waals surface area contributed by atoms with Gasteiger partial charge >= 0.3 is 5.97 Å². The number of nitrogens with one attached hydrogen (secondary N) is 1. The van der Waals surface area contributed by atoms with Gasteiger partial charge in [-0.25, -0.2) is 8.42 Å². The van der Waals surface area contributed by atoms with E-state index in [1.165, 1.54) is 12.1 Å². The van der Waals surface area contributed by atoms with E-state index in [1.807, 2.05) is 30.3 Å². The number of carbonyl (C=O) groups is 1. The average molecular weight is 319 g/mol. The summed E-state index contributed by atoms with van der Waals surface area (Å²) in [6, 6.07) is 15.9. The van der Waals surface area contributed by atoms with Crippen LogP contribution in [-0.4, -0.2) is 25.5 Å². The first-order valence-corrected chi connectivity index (χ1v) is 8.31. The van der Waals surface area contributed by atoms with Crippen LogP contribution >= 0.6 is 0 Å².